The highest BCUT2D eigenvalue weighted by molar-refractivity contribution is 7.89. The van der Waals surface area contributed by atoms with Gasteiger partial charge >= 0.3 is 8.80 Å². The van der Waals surface area contributed by atoms with Gasteiger partial charge in [-0.2, -0.15) is 4.31 Å². The van der Waals surface area contributed by atoms with Gasteiger partial charge in [-0.15, -0.1) is 0 Å². The Morgan fingerprint density at radius 3 is 2.07 bits per heavy atom. The third-order valence-electron chi connectivity index (χ3n) is 4.53. The first-order valence-corrected chi connectivity index (χ1v) is 12.7. The van der Waals surface area contributed by atoms with Crippen LogP contribution in [0.1, 0.15) is 33.3 Å². The summed E-state index contributed by atoms with van der Waals surface area (Å²) in [6.45, 7) is 11.9. The van der Waals surface area contributed by atoms with Crippen molar-refractivity contribution in [2.24, 2.45) is 5.92 Å². The van der Waals surface area contributed by atoms with Crippen molar-refractivity contribution in [1.82, 2.24) is 4.31 Å². The molecule has 0 bridgehead atoms. The Morgan fingerprint density at radius 2 is 1.59 bits per heavy atom. The summed E-state index contributed by atoms with van der Waals surface area (Å²) >= 11 is 0. The van der Waals surface area contributed by atoms with E-state index < -0.39 is 18.8 Å². The van der Waals surface area contributed by atoms with Gasteiger partial charge in [0.05, 0.1) is 4.90 Å². The first kappa shape index (κ1) is 22.3. The average Bonchev–Trinajstić information content (AvgIpc) is 2.97. The summed E-state index contributed by atoms with van der Waals surface area (Å²) in [5, 5.41) is 0. The molecule has 0 aliphatic carbocycles. The van der Waals surface area contributed by atoms with E-state index in [4.69, 9.17) is 13.3 Å². The number of hydrogen-bond acceptors (Lipinski definition) is 5. The fourth-order valence-electron chi connectivity index (χ4n) is 3.16. The summed E-state index contributed by atoms with van der Waals surface area (Å²) in [6.07, 6.45) is 0. The van der Waals surface area contributed by atoms with Crippen LogP contribution in [0.4, 0.5) is 0 Å². The Bertz CT molecular complexity index is 731. The van der Waals surface area contributed by atoms with Gasteiger partial charge in [0.1, 0.15) is 0 Å². The van der Waals surface area contributed by atoms with Gasteiger partial charge in [0.15, 0.2) is 0 Å². The predicted molar refractivity (Wildman–Crippen MR) is 108 cm³/mol. The molecule has 1 heterocycles. The quantitative estimate of drug-likeness (QED) is 0.582. The highest BCUT2D eigenvalue weighted by Crippen LogP contribution is 2.30. The molecule has 0 radical (unpaired) electrons. The van der Waals surface area contributed by atoms with Crippen molar-refractivity contribution < 1.29 is 21.7 Å². The Kier molecular flexibility index (Phi) is 7.79. The van der Waals surface area contributed by atoms with E-state index in [0.717, 1.165) is 11.1 Å². The molecular formula is C19H31NO5SSi. The van der Waals surface area contributed by atoms with Crippen LogP contribution < -0.4 is 0 Å². The third-order valence-corrected chi connectivity index (χ3v) is 9.15. The van der Waals surface area contributed by atoms with E-state index in [-0.39, 0.29) is 5.92 Å². The average molecular weight is 414 g/mol. The van der Waals surface area contributed by atoms with Crippen LogP contribution in [-0.4, -0.2) is 54.4 Å². The van der Waals surface area contributed by atoms with Crippen molar-refractivity contribution in [1.29, 1.82) is 0 Å². The van der Waals surface area contributed by atoms with Crippen molar-refractivity contribution in [3.63, 3.8) is 0 Å². The number of aryl methyl sites for hydroxylation is 1. The zero-order valence-corrected chi connectivity index (χ0v) is 18.7. The third kappa shape index (κ3) is 5.27. The zero-order valence-electron chi connectivity index (χ0n) is 16.9. The van der Waals surface area contributed by atoms with Gasteiger partial charge in [0, 0.05) is 32.9 Å². The minimum Gasteiger partial charge on any atom is -0.371 e. The molecule has 0 aromatic heterocycles. The summed E-state index contributed by atoms with van der Waals surface area (Å²) in [5.74, 6) is 0.0819. The van der Waals surface area contributed by atoms with Gasteiger partial charge in [0.2, 0.25) is 10.0 Å². The van der Waals surface area contributed by atoms with E-state index in [9.17, 15) is 8.42 Å². The summed E-state index contributed by atoms with van der Waals surface area (Å²) < 4.78 is 45.2. The Labute approximate surface area is 164 Å². The second-order valence-electron chi connectivity index (χ2n) is 6.63. The molecule has 1 aliphatic rings. The van der Waals surface area contributed by atoms with Crippen molar-refractivity contribution in [2.75, 3.05) is 32.9 Å². The van der Waals surface area contributed by atoms with E-state index in [2.05, 4.69) is 0 Å². The lowest BCUT2D eigenvalue weighted by atomic mass is 10.1. The van der Waals surface area contributed by atoms with Crippen LogP contribution in [-0.2, 0) is 23.3 Å². The molecule has 0 amide bonds. The highest BCUT2D eigenvalue weighted by Gasteiger charge is 2.42. The molecule has 0 saturated carbocycles. The SMILES string of the molecule is CCO[Si](/C=C1/CN(S(=O)(=O)c2ccc(C)cc2)CC1C)(OCC)OCC. The lowest BCUT2D eigenvalue weighted by molar-refractivity contribution is 0.0839. The standard InChI is InChI=1S/C19H31NO5SSi/c1-6-23-27(24-7-2,25-8-3)15-18-14-20(13-17(18)5)26(21,22)19-11-9-16(4)10-12-19/h9-12,15,17H,6-8,13-14H2,1-5H3/b18-15-. The van der Waals surface area contributed by atoms with Gasteiger partial charge in [-0.3, -0.25) is 0 Å². The fraction of sp³-hybridized carbons (Fsp3) is 0.579. The maximum Gasteiger partial charge on any atom is 0.529 e. The monoisotopic (exact) mass is 413 g/mol. The maximum absolute atomic E-state index is 13.0. The van der Waals surface area contributed by atoms with Crippen LogP contribution in [0, 0.1) is 12.8 Å². The molecule has 1 saturated heterocycles. The number of sulfonamides is 1. The fourth-order valence-corrected chi connectivity index (χ4v) is 7.21. The van der Waals surface area contributed by atoms with Crippen LogP contribution in [0.2, 0.25) is 0 Å². The Morgan fingerprint density at radius 1 is 1.07 bits per heavy atom. The largest absolute Gasteiger partial charge is 0.529 e. The summed E-state index contributed by atoms with van der Waals surface area (Å²) in [7, 11) is -6.49. The number of hydrogen-bond donors (Lipinski definition) is 0. The van der Waals surface area contributed by atoms with Crippen molar-refractivity contribution in [3.05, 3.63) is 41.1 Å². The van der Waals surface area contributed by atoms with Gasteiger partial charge in [-0.1, -0.05) is 30.2 Å². The van der Waals surface area contributed by atoms with Crippen molar-refractivity contribution in [3.8, 4) is 0 Å². The van der Waals surface area contributed by atoms with Crippen LogP contribution >= 0.6 is 0 Å². The van der Waals surface area contributed by atoms with Gasteiger partial charge in [0.25, 0.3) is 0 Å². The second-order valence-corrected chi connectivity index (χ2v) is 10.9. The van der Waals surface area contributed by atoms with Crippen LogP contribution in [0.15, 0.2) is 40.4 Å². The Hall–Kier alpha value is -1.03. The maximum atomic E-state index is 13.0. The molecule has 1 unspecified atom stereocenters. The lowest BCUT2D eigenvalue weighted by Gasteiger charge is -2.26. The normalized spacial score (nSPS) is 20.5. The first-order valence-electron chi connectivity index (χ1n) is 9.48. The number of nitrogens with zero attached hydrogens (tertiary/aromatic N) is 1. The van der Waals surface area contributed by atoms with E-state index in [1.807, 2.05) is 52.5 Å². The number of rotatable bonds is 9. The minimum atomic E-state index is -3.53. The van der Waals surface area contributed by atoms with Crippen LogP contribution in [0.5, 0.6) is 0 Å². The number of benzene rings is 1. The van der Waals surface area contributed by atoms with Crippen LogP contribution in [0.25, 0.3) is 0 Å². The summed E-state index contributed by atoms with van der Waals surface area (Å²) in [5.41, 5.74) is 3.97. The van der Waals surface area contributed by atoms with Gasteiger partial charge in [-0.05, 0) is 51.4 Å². The molecule has 1 fully saturated rings. The molecule has 27 heavy (non-hydrogen) atoms. The minimum absolute atomic E-state index is 0.0819. The molecule has 0 spiro atoms. The smallest absolute Gasteiger partial charge is 0.371 e. The molecule has 1 aromatic rings. The molecule has 2 rings (SSSR count). The Balaban J connectivity index is 2.30. The second kappa shape index (κ2) is 9.44. The van der Waals surface area contributed by atoms with Gasteiger partial charge < -0.3 is 13.3 Å². The van der Waals surface area contributed by atoms with E-state index >= 15 is 0 Å². The lowest BCUT2D eigenvalue weighted by Crippen LogP contribution is -2.45. The molecule has 6 nitrogen and oxygen atoms in total. The van der Waals surface area contributed by atoms with Crippen molar-refractivity contribution >= 4 is 18.8 Å². The summed E-state index contributed by atoms with van der Waals surface area (Å²) in [4.78, 5) is 0.324. The molecular weight excluding hydrogens is 382 g/mol. The van der Waals surface area contributed by atoms with E-state index in [1.165, 1.54) is 4.31 Å². The summed E-state index contributed by atoms with van der Waals surface area (Å²) in [6, 6.07) is 6.97. The first-order chi connectivity index (χ1) is 12.8. The molecule has 1 aromatic carbocycles. The topological polar surface area (TPSA) is 65.1 Å². The molecule has 8 heteroatoms. The predicted octanol–water partition coefficient (Wildman–Crippen LogP) is 3.15. The molecule has 0 N–H and O–H groups in total. The van der Waals surface area contributed by atoms with Crippen LogP contribution in [0.3, 0.4) is 0 Å². The van der Waals surface area contributed by atoms with E-state index in [0.29, 0.717) is 37.8 Å². The molecule has 1 atom stereocenters. The molecule has 152 valence electrons. The van der Waals surface area contributed by atoms with E-state index in [1.54, 1.807) is 12.1 Å². The highest BCUT2D eigenvalue weighted by atomic mass is 32.2. The zero-order chi connectivity index (χ0) is 20.1. The molecule has 1 aliphatic heterocycles. The van der Waals surface area contributed by atoms with Crippen molar-refractivity contribution in [2.45, 2.75) is 39.5 Å². The van der Waals surface area contributed by atoms with Gasteiger partial charge in [-0.25, -0.2) is 8.42 Å².